The van der Waals surface area contributed by atoms with E-state index < -0.39 is 6.85 Å². The van der Waals surface area contributed by atoms with Gasteiger partial charge in [-0.3, -0.25) is 0 Å². The van der Waals surface area contributed by atoms with E-state index in [1.54, 1.807) is 6.07 Å². The summed E-state index contributed by atoms with van der Waals surface area (Å²) in [6.07, 6.45) is 0.942. The highest BCUT2D eigenvalue weighted by molar-refractivity contribution is 5.37. The molecule has 0 nitrogen and oxygen atoms in total. The highest BCUT2D eigenvalue weighted by Crippen LogP contribution is 2.25. The van der Waals surface area contributed by atoms with Gasteiger partial charge in [-0.05, 0) is 41.8 Å². The Bertz CT molecular complexity index is 376. The van der Waals surface area contributed by atoms with Gasteiger partial charge in [-0.15, -0.1) is 0 Å². The van der Waals surface area contributed by atoms with E-state index in [0.717, 1.165) is 12.0 Å². The summed E-state index contributed by atoms with van der Waals surface area (Å²) < 4.78 is 22.9. The van der Waals surface area contributed by atoms with Crippen LogP contribution in [0.1, 0.15) is 54.4 Å². The van der Waals surface area contributed by atoms with Gasteiger partial charge in [0, 0.05) is 4.11 Å². The molecular weight excluding hydrogens is 168 g/mol. The Labute approximate surface area is 92.6 Å². The van der Waals surface area contributed by atoms with Crippen LogP contribution in [0.4, 0.5) is 0 Å². The third-order valence-electron chi connectivity index (χ3n) is 2.40. The van der Waals surface area contributed by atoms with Crippen LogP contribution < -0.4 is 0 Å². The van der Waals surface area contributed by atoms with Crippen LogP contribution >= 0.6 is 0 Å². The molecule has 1 aromatic rings. The van der Waals surface area contributed by atoms with Crippen LogP contribution in [0.2, 0.25) is 0 Å². The molecule has 0 aliphatic rings. The zero-order valence-corrected chi connectivity index (χ0v) is 9.59. The molecular formula is C14H22. The SMILES string of the molecule is [2H]C([2H])([2H])c1cccc(CC(C)C)c1C(C)C. The average Bonchev–Trinajstić information content (AvgIpc) is 2.14. The summed E-state index contributed by atoms with van der Waals surface area (Å²) in [4.78, 5) is 0. The minimum atomic E-state index is -2.01. The number of rotatable bonds is 3. The van der Waals surface area contributed by atoms with E-state index in [9.17, 15) is 0 Å². The molecule has 0 atom stereocenters. The predicted molar refractivity (Wildman–Crippen MR) is 63.8 cm³/mol. The van der Waals surface area contributed by atoms with Crippen molar-refractivity contribution in [3.63, 3.8) is 0 Å². The predicted octanol–water partition coefficient (Wildman–Crippen LogP) is 4.32. The Balaban J connectivity index is 3.32. The van der Waals surface area contributed by atoms with Gasteiger partial charge in [-0.25, -0.2) is 0 Å². The Hall–Kier alpha value is -0.780. The molecule has 0 bridgehead atoms. The van der Waals surface area contributed by atoms with Crippen molar-refractivity contribution in [3.8, 4) is 0 Å². The van der Waals surface area contributed by atoms with Gasteiger partial charge in [0.15, 0.2) is 0 Å². The summed E-state index contributed by atoms with van der Waals surface area (Å²) in [7, 11) is 0. The van der Waals surface area contributed by atoms with Crippen molar-refractivity contribution in [2.45, 2.75) is 46.9 Å². The third kappa shape index (κ3) is 2.60. The first-order valence-electron chi connectivity index (χ1n) is 6.85. The highest BCUT2D eigenvalue weighted by Gasteiger charge is 2.09. The first-order valence-corrected chi connectivity index (χ1v) is 5.35. The zero-order chi connectivity index (χ0) is 13.2. The van der Waals surface area contributed by atoms with Crippen molar-refractivity contribution in [2.24, 2.45) is 5.92 Å². The largest absolute Gasteiger partial charge is 0.0625 e. The van der Waals surface area contributed by atoms with E-state index in [4.69, 9.17) is 4.11 Å². The molecule has 0 unspecified atom stereocenters. The summed E-state index contributed by atoms with van der Waals surface area (Å²) in [5.74, 6) is 0.791. The molecule has 78 valence electrons. The Morgan fingerprint density at radius 2 is 1.93 bits per heavy atom. The molecule has 0 heteroatoms. The Kier molecular flexibility index (Phi) is 2.48. The second kappa shape index (κ2) is 4.63. The molecule has 0 fully saturated rings. The second-order valence-electron chi connectivity index (χ2n) is 4.63. The molecule has 0 aliphatic heterocycles. The summed E-state index contributed by atoms with van der Waals surface area (Å²) in [6, 6.07) is 5.67. The third-order valence-corrected chi connectivity index (χ3v) is 2.40. The summed E-state index contributed by atoms with van der Waals surface area (Å²) >= 11 is 0. The Morgan fingerprint density at radius 3 is 2.43 bits per heavy atom. The van der Waals surface area contributed by atoms with E-state index in [0.29, 0.717) is 11.5 Å². The molecule has 0 heterocycles. The molecule has 0 spiro atoms. The normalized spacial score (nSPS) is 15.4. The molecule has 0 N–H and O–H groups in total. The van der Waals surface area contributed by atoms with Crippen LogP contribution in [0.3, 0.4) is 0 Å². The minimum absolute atomic E-state index is 0.250. The molecule has 0 radical (unpaired) electrons. The van der Waals surface area contributed by atoms with Gasteiger partial charge in [-0.1, -0.05) is 45.9 Å². The maximum atomic E-state index is 7.62. The lowest BCUT2D eigenvalue weighted by Crippen LogP contribution is -2.03. The van der Waals surface area contributed by atoms with Crippen molar-refractivity contribution < 1.29 is 4.11 Å². The van der Waals surface area contributed by atoms with E-state index in [2.05, 4.69) is 33.8 Å². The molecule has 0 amide bonds. The van der Waals surface area contributed by atoms with Gasteiger partial charge in [-0.2, -0.15) is 0 Å². The van der Waals surface area contributed by atoms with Gasteiger partial charge in [0.2, 0.25) is 0 Å². The van der Waals surface area contributed by atoms with Crippen LogP contribution in [0.25, 0.3) is 0 Å². The van der Waals surface area contributed by atoms with Crippen molar-refractivity contribution >= 4 is 0 Å². The standard InChI is InChI=1S/C14H22/c1-10(2)9-13-8-6-7-12(5)14(13)11(3)4/h6-8,10-11H,9H2,1-5H3/i5D3. The molecule has 1 aromatic carbocycles. The van der Waals surface area contributed by atoms with Crippen molar-refractivity contribution in [1.29, 1.82) is 0 Å². The lowest BCUT2D eigenvalue weighted by molar-refractivity contribution is 0.637. The fourth-order valence-corrected chi connectivity index (χ4v) is 1.91. The number of hydrogen-bond acceptors (Lipinski definition) is 0. The number of hydrogen-bond donors (Lipinski definition) is 0. The smallest absolute Gasteiger partial charge is 0.0280 e. The van der Waals surface area contributed by atoms with E-state index in [1.165, 1.54) is 5.56 Å². The zero-order valence-electron chi connectivity index (χ0n) is 12.6. The van der Waals surface area contributed by atoms with Gasteiger partial charge < -0.3 is 0 Å². The Morgan fingerprint density at radius 1 is 1.21 bits per heavy atom. The molecule has 0 saturated carbocycles. The topological polar surface area (TPSA) is 0 Å². The molecule has 1 rings (SSSR count). The lowest BCUT2D eigenvalue weighted by atomic mass is 9.89. The van der Waals surface area contributed by atoms with E-state index >= 15 is 0 Å². The highest BCUT2D eigenvalue weighted by atomic mass is 14.1. The molecule has 14 heavy (non-hydrogen) atoms. The maximum absolute atomic E-state index is 7.62. The van der Waals surface area contributed by atoms with E-state index in [1.807, 2.05) is 6.07 Å². The van der Waals surface area contributed by atoms with Crippen molar-refractivity contribution in [3.05, 3.63) is 34.9 Å². The van der Waals surface area contributed by atoms with Crippen LogP contribution in [-0.2, 0) is 6.42 Å². The minimum Gasteiger partial charge on any atom is -0.0625 e. The first-order chi connectivity index (χ1) is 7.73. The molecule has 0 saturated heterocycles. The summed E-state index contributed by atoms with van der Waals surface area (Å²) in [6.45, 7) is 6.44. The van der Waals surface area contributed by atoms with E-state index in [-0.39, 0.29) is 5.92 Å². The molecule has 0 aromatic heterocycles. The van der Waals surface area contributed by atoms with Crippen LogP contribution in [0.15, 0.2) is 18.2 Å². The van der Waals surface area contributed by atoms with Crippen molar-refractivity contribution in [1.82, 2.24) is 0 Å². The number of benzene rings is 1. The van der Waals surface area contributed by atoms with Gasteiger partial charge in [0.25, 0.3) is 0 Å². The van der Waals surface area contributed by atoms with Crippen LogP contribution in [0.5, 0.6) is 0 Å². The quantitative estimate of drug-likeness (QED) is 0.670. The fourth-order valence-electron chi connectivity index (χ4n) is 1.91. The summed E-state index contributed by atoms with van der Waals surface area (Å²) in [5, 5.41) is 0. The van der Waals surface area contributed by atoms with Crippen LogP contribution in [0, 0.1) is 12.8 Å². The van der Waals surface area contributed by atoms with Gasteiger partial charge >= 0.3 is 0 Å². The number of aryl methyl sites for hydroxylation is 1. The maximum Gasteiger partial charge on any atom is 0.0280 e. The monoisotopic (exact) mass is 193 g/mol. The van der Waals surface area contributed by atoms with Crippen molar-refractivity contribution in [2.75, 3.05) is 0 Å². The lowest BCUT2D eigenvalue weighted by Gasteiger charge is -2.17. The fraction of sp³-hybridized carbons (Fsp3) is 0.571. The summed E-state index contributed by atoms with van der Waals surface area (Å²) in [5.41, 5.74) is 2.72. The average molecular weight is 193 g/mol. The van der Waals surface area contributed by atoms with Gasteiger partial charge in [0.1, 0.15) is 0 Å². The second-order valence-corrected chi connectivity index (χ2v) is 4.63. The van der Waals surface area contributed by atoms with Crippen LogP contribution in [-0.4, -0.2) is 0 Å². The molecule has 0 aliphatic carbocycles. The van der Waals surface area contributed by atoms with Gasteiger partial charge in [0.05, 0.1) is 0 Å². The first kappa shape index (κ1) is 7.50.